The fourth-order valence-corrected chi connectivity index (χ4v) is 4.92. The Morgan fingerprint density at radius 1 is 1.09 bits per heavy atom. The van der Waals surface area contributed by atoms with E-state index >= 15 is 0 Å². The lowest BCUT2D eigenvalue weighted by Gasteiger charge is -2.20. The number of carbonyl (C=O) groups is 2. The first-order valence-corrected chi connectivity index (χ1v) is 11.9. The number of aryl methyl sites for hydroxylation is 1. The van der Waals surface area contributed by atoms with Crippen molar-refractivity contribution < 1.29 is 23.1 Å². The molecule has 164 valence electrons. The van der Waals surface area contributed by atoms with E-state index in [1.165, 1.54) is 36.4 Å². The summed E-state index contributed by atoms with van der Waals surface area (Å²) in [6.07, 6.45) is -0.490. The van der Waals surface area contributed by atoms with Crippen LogP contribution in [-0.2, 0) is 20.4 Å². The van der Waals surface area contributed by atoms with E-state index in [9.17, 15) is 23.1 Å². The van der Waals surface area contributed by atoms with Gasteiger partial charge in [0.25, 0.3) is 15.9 Å². The topological polar surface area (TPSA) is 113 Å². The number of Topliss-reactive ketones (excluding diaryl/α,β-unsaturated/α-hetero) is 1. The molecule has 1 atom stereocenters. The molecule has 3 aromatic rings. The van der Waals surface area contributed by atoms with Crippen LogP contribution in [0.1, 0.15) is 27.9 Å². The maximum absolute atomic E-state index is 12.9. The molecule has 0 radical (unpaired) electrons. The van der Waals surface area contributed by atoms with E-state index in [1.807, 2.05) is 6.92 Å². The summed E-state index contributed by atoms with van der Waals surface area (Å²) in [6, 6.07) is 17.3. The van der Waals surface area contributed by atoms with E-state index in [1.54, 1.807) is 30.3 Å². The summed E-state index contributed by atoms with van der Waals surface area (Å²) >= 11 is 3.31. The van der Waals surface area contributed by atoms with Gasteiger partial charge in [0, 0.05) is 27.0 Å². The van der Waals surface area contributed by atoms with Crippen molar-refractivity contribution in [1.29, 1.82) is 0 Å². The molecule has 7 nitrogen and oxygen atoms in total. The molecular weight excluding hydrogens is 496 g/mol. The van der Waals surface area contributed by atoms with Crippen molar-refractivity contribution in [3.05, 3.63) is 87.9 Å². The van der Waals surface area contributed by atoms with Gasteiger partial charge in [0.2, 0.25) is 0 Å². The highest BCUT2D eigenvalue weighted by molar-refractivity contribution is 9.10. The van der Waals surface area contributed by atoms with Crippen molar-refractivity contribution in [1.82, 2.24) is 0 Å². The Morgan fingerprint density at radius 3 is 2.53 bits per heavy atom. The number of ketones is 1. The molecule has 0 spiro atoms. The highest BCUT2D eigenvalue weighted by atomic mass is 79.9. The first-order chi connectivity index (χ1) is 15.1. The maximum Gasteiger partial charge on any atom is 0.261 e. The average Bonchev–Trinajstić information content (AvgIpc) is 2.98. The third kappa shape index (κ3) is 4.19. The highest BCUT2D eigenvalue weighted by Gasteiger charge is 2.46. The number of sulfonamides is 1. The molecule has 1 aliphatic heterocycles. The van der Waals surface area contributed by atoms with Crippen LogP contribution in [0.25, 0.3) is 0 Å². The minimum absolute atomic E-state index is 0.0963. The maximum atomic E-state index is 12.9. The normalized spacial score (nSPS) is 17.5. The monoisotopic (exact) mass is 514 g/mol. The fraction of sp³-hybridized carbons (Fsp3) is 0.130. The van der Waals surface area contributed by atoms with Crippen molar-refractivity contribution in [2.45, 2.75) is 23.8 Å². The van der Waals surface area contributed by atoms with Crippen molar-refractivity contribution in [2.75, 3.05) is 10.0 Å². The second-order valence-corrected chi connectivity index (χ2v) is 10.2. The Morgan fingerprint density at radius 2 is 1.81 bits per heavy atom. The van der Waals surface area contributed by atoms with Crippen molar-refractivity contribution >= 4 is 49.0 Å². The molecule has 0 saturated carbocycles. The SMILES string of the molecule is Cc1ccc(S(=O)(=O)Nc2cccc(C(=O)C[C@@]3(O)C(=O)Nc4ccc(Br)cc43)c2)cc1. The zero-order chi connectivity index (χ0) is 23.1. The van der Waals surface area contributed by atoms with Gasteiger partial charge in [-0.25, -0.2) is 8.42 Å². The number of halogens is 1. The van der Waals surface area contributed by atoms with Crippen molar-refractivity contribution in [3.8, 4) is 0 Å². The van der Waals surface area contributed by atoms with Crippen LogP contribution in [0.4, 0.5) is 11.4 Å². The number of amides is 1. The van der Waals surface area contributed by atoms with Crippen LogP contribution in [0.2, 0.25) is 0 Å². The summed E-state index contributed by atoms with van der Waals surface area (Å²) in [4.78, 5) is 25.5. The molecule has 0 aromatic heterocycles. The van der Waals surface area contributed by atoms with Crippen LogP contribution in [0.3, 0.4) is 0 Å². The molecule has 9 heteroatoms. The molecular formula is C23H19BrN2O5S. The number of aliphatic hydroxyl groups is 1. The standard InChI is InChI=1S/C23H19BrN2O5S/c1-14-5-8-18(9-6-14)32(30,31)26-17-4-2-3-15(11-17)21(27)13-23(29)19-12-16(24)7-10-20(19)25-22(23)28/h2-12,26,29H,13H2,1H3,(H,25,28)/t23-/m0/s1. The molecule has 0 fully saturated rings. The van der Waals surface area contributed by atoms with Gasteiger partial charge in [-0.05, 0) is 49.4 Å². The number of rotatable bonds is 6. The molecule has 1 aliphatic rings. The zero-order valence-electron chi connectivity index (χ0n) is 16.9. The van der Waals surface area contributed by atoms with Crippen LogP contribution in [0, 0.1) is 6.92 Å². The predicted molar refractivity (Wildman–Crippen MR) is 124 cm³/mol. The number of nitrogens with one attached hydrogen (secondary N) is 2. The Kier molecular flexibility index (Phi) is 5.66. The number of hydrogen-bond acceptors (Lipinski definition) is 5. The van der Waals surface area contributed by atoms with Crippen LogP contribution in [-0.4, -0.2) is 25.2 Å². The lowest BCUT2D eigenvalue weighted by atomic mass is 9.88. The Labute approximate surface area is 193 Å². The second-order valence-electron chi connectivity index (χ2n) is 7.60. The first kappa shape index (κ1) is 22.2. The highest BCUT2D eigenvalue weighted by Crippen LogP contribution is 2.40. The van der Waals surface area contributed by atoms with E-state index in [-0.39, 0.29) is 16.1 Å². The lowest BCUT2D eigenvalue weighted by Crippen LogP contribution is -2.36. The Hall–Kier alpha value is -3.01. The third-order valence-corrected chi connectivity index (χ3v) is 7.13. The largest absolute Gasteiger partial charge is 0.375 e. The first-order valence-electron chi connectivity index (χ1n) is 9.65. The zero-order valence-corrected chi connectivity index (χ0v) is 19.3. The number of anilines is 2. The van der Waals surface area contributed by atoms with Gasteiger partial charge in [0.1, 0.15) is 0 Å². The fourth-order valence-electron chi connectivity index (χ4n) is 3.51. The van der Waals surface area contributed by atoms with E-state index in [0.717, 1.165) is 5.56 Å². The van der Waals surface area contributed by atoms with Crippen LogP contribution in [0.15, 0.2) is 76.1 Å². The number of hydrogen-bond donors (Lipinski definition) is 3. The van der Waals surface area contributed by atoms with Gasteiger partial charge in [-0.15, -0.1) is 0 Å². The molecule has 3 N–H and O–H groups in total. The molecule has 32 heavy (non-hydrogen) atoms. The van der Waals surface area contributed by atoms with E-state index < -0.39 is 33.7 Å². The predicted octanol–water partition coefficient (Wildman–Crippen LogP) is 3.97. The molecule has 1 amide bonds. The van der Waals surface area contributed by atoms with Gasteiger partial charge in [-0.3, -0.25) is 14.3 Å². The van der Waals surface area contributed by atoms with Crippen molar-refractivity contribution in [3.63, 3.8) is 0 Å². The van der Waals surface area contributed by atoms with Gasteiger partial charge in [-0.2, -0.15) is 0 Å². The molecule has 4 rings (SSSR count). The van der Waals surface area contributed by atoms with Gasteiger partial charge in [-0.1, -0.05) is 45.8 Å². The Balaban J connectivity index is 1.58. The van der Waals surface area contributed by atoms with Crippen molar-refractivity contribution in [2.24, 2.45) is 0 Å². The molecule has 0 aliphatic carbocycles. The quantitative estimate of drug-likeness (QED) is 0.430. The number of fused-ring (bicyclic) bond motifs is 1. The number of carbonyl (C=O) groups excluding carboxylic acids is 2. The summed E-state index contributed by atoms with van der Waals surface area (Å²) in [5.41, 5.74) is 0.0166. The summed E-state index contributed by atoms with van der Waals surface area (Å²) in [7, 11) is -3.84. The summed E-state index contributed by atoms with van der Waals surface area (Å²) < 4.78 is 28.4. The molecule has 0 saturated heterocycles. The summed E-state index contributed by atoms with van der Waals surface area (Å²) in [5.74, 6) is -1.19. The smallest absolute Gasteiger partial charge is 0.261 e. The third-order valence-electron chi connectivity index (χ3n) is 5.24. The van der Waals surface area contributed by atoms with E-state index in [4.69, 9.17) is 0 Å². The summed E-state index contributed by atoms with van der Waals surface area (Å²) in [6.45, 7) is 1.86. The molecule has 0 unspecified atom stereocenters. The van der Waals surface area contributed by atoms with Crippen LogP contribution >= 0.6 is 15.9 Å². The van der Waals surface area contributed by atoms with Gasteiger partial charge in [0.05, 0.1) is 11.3 Å². The molecule has 1 heterocycles. The average molecular weight is 515 g/mol. The van der Waals surface area contributed by atoms with Crippen LogP contribution < -0.4 is 10.0 Å². The molecule has 0 bridgehead atoms. The minimum Gasteiger partial charge on any atom is -0.375 e. The second kappa shape index (κ2) is 8.16. The number of benzene rings is 3. The van der Waals surface area contributed by atoms with Crippen LogP contribution in [0.5, 0.6) is 0 Å². The van der Waals surface area contributed by atoms with Gasteiger partial charge < -0.3 is 10.4 Å². The molecule has 3 aromatic carbocycles. The van der Waals surface area contributed by atoms with Gasteiger partial charge in [0.15, 0.2) is 11.4 Å². The lowest BCUT2D eigenvalue weighted by molar-refractivity contribution is -0.133. The van der Waals surface area contributed by atoms with Gasteiger partial charge >= 0.3 is 0 Å². The van der Waals surface area contributed by atoms with E-state index in [0.29, 0.717) is 15.7 Å². The van der Waals surface area contributed by atoms with E-state index in [2.05, 4.69) is 26.0 Å². The minimum atomic E-state index is -3.84. The Bertz CT molecular complexity index is 1340. The summed E-state index contributed by atoms with van der Waals surface area (Å²) in [5, 5.41) is 13.6.